The van der Waals surface area contributed by atoms with Gasteiger partial charge in [0, 0.05) is 13.1 Å². The van der Waals surface area contributed by atoms with Gasteiger partial charge in [-0.1, -0.05) is 13.8 Å². The fourth-order valence-corrected chi connectivity index (χ4v) is 2.44. The lowest BCUT2D eigenvalue weighted by molar-refractivity contribution is -0.0407. The van der Waals surface area contributed by atoms with Gasteiger partial charge in [0.15, 0.2) is 0 Å². The third-order valence-corrected chi connectivity index (χ3v) is 3.78. The lowest BCUT2D eigenvalue weighted by Gasteiger charge is -2.34. The highest BCUT2D eigenvalue weighted by Gasteiger charge is 2.33. The van der Waals surface area contributed by atoms with Crippen molar-refractivity contribution in [2.75, 3.05) is 26.2 Å². The van der Waals surface area contributed by atoms with Crippen LogP contribution in [0.2, 0.25) is 0 Å². The van der Waals surface area contributed by atoms with Gasteiger partial charge in [-0.05, 0) is 37.8 Å². The number of hydrogen-bond acceptors (Lipinski definition) is 3. The zero-order valence-corrected chi connectivity index (χ0v) is 10.0. The van der Waals surface area contributed by atoms with Crippen molar-refractivity contribution >= 4 is 0 Å². The quantitative estimate of drug-likeness (QED) is 0.761. The van der Waals surface area contributed by atoms with Crippen LogP contribution in [0.25, 0.3) is 0 Å². The van der Waals surface area contributed by atoms with Crippen molar-refractivity contribution in [3.8, 4) is 0 Å². The number of hydrogen-bond donors (Lipinski definition) is 1. The molecule has 2 saturated heterocycles. The first-order chi connectivity index (χ1) is 7.09. The van der Waals surface area contributed by atoms with E-state index in [4.69, 9.17) is 10.5 Å². The third-order valence-electron chi connectivity index (χ3n) is 3.78. The Morgan fingerprint density at radius 3 is 2.40 bits per heavy atom. The average molecular weight is 212 g/mol. The van der Waals surface area contributed by atoms with E-state index in [1.807, 2.05) is 0 Å². The third kappa shape index (κ3) is 2.92. The predicted octanol–water partition coefficient (Wildman–Crippen LogP) is 1.22. The normalized spacial score (nSPS) is 32.2. The molecular weight excluding hydrogens is 188 g/mol. The Morgan fingerprint density at radius 2 is 1.87 bits per heavy atom. The van der Waals surface area contributed by atoms with E-state index in [-0.39, 0.29) is 5.41 Å². The molecule has 0 amide bonds. The van der Waals surface area contributed by atoms with E-state index in [0.29, 0.717) is 12.2 Å². The lowest BCUT2D eigenvalue weighted by Crippen LogP contribution is -2.44. The van der Waals surface area contributed by atoms with Gasteiger partial charge in [-0.2, -0.15) is 0 Å². The minimum atomic E-state index is 0.289. The Bertz CT molecular complexity index is 206. The second-order valence-electron chi connectivity index (χ2n) is 5.84. The van der Waals surface area contributed by atoms with E-state index in [2.05, 4.69) is 18.7 Å². The van der Waals surface area contributed by atoms with Gasteiger partial charge in [-0.3, -0.25) is 4.90 Å². The average Bonchev–Trinajstić information content (AvgIpc) is 2.55. The summed E-state index contributed by atoms with van der Waals surface area (Å²) in [4.78, 5) is 2.56. The topological polar surface area (TPSA) is 38.5 Å². The van der Waals surface area contributed by atoms with Gasteiger partial charge in [-0.15, -0.1) is 0 Å². The molecule has 88 valence electrons. The number of fused-ring (bicyclic) bond motifs is 2. The van der Waals surface area contributed by atoms with Crippen molar-refractivity contribution in [3.63, 3.8) is 0 Å². The summed E-state index contributed by atoms with van der Waals surface area (Å²) < 4.78 is 5.82. The lowest BCUT2D eigenvalue weighted by atomic mass is 9.89. The van der Waals surface area contributed by atoms with Crippen molar-refractivity contribution < 1.29 is 4.74 Å². The molecule has 2 fully saturated rings. The largest absolute Gasteiger partial charge is 0.372 e. The molecule has 0 spiro atoms. The minimum absolute atomic E-state index is 0.289. The molecule has 0 radical (unpaired) electrons. The van der Waals surface area contributed by atoms with Crippen LogP contribution in [0, 0.1) is 5.41 Å². The molecule has 0 aromatic carbocycles. The van der Waals surface area contributed by atoms with Crippen LogP contribution in [-0.2, 0) is 4.74 Å². The summed E-state index contributed by atoms with van der Waals surface area (Å²) in [6.45, 7) is 8.74. The zero-order chi connectivity index (χ0) is 10.9. The monoisotopic (exact) mass is 212 g/mol. The Kier molecular flexibility index (Phi) is 3.33. The Morgan fingerprint density at radius 1 is 1.27 bits per heavy atom. The van der Waals surface area contributed by atoms with Gasteiger partial charge in [0.1, 0.15) is 0 Å². The predicted molar refractivity (Wildman–Crippen MR) is 61.8 cm³/mol. The van der Waals surface area contributed by atoms with Crippen LogP contribution in [0.5, 0.6) is 0 Å². The zero-order valence-electron chi connectivity index (χ0n) is 10.0. The van der Waals surface area contributed by atoms with Gasteiger partial charge in [0.25, 0.3) is 0 Å². The van der Waals surface area contributed by atoms with Gasteiger partial charge in [-0.25, -0.2) is 0 Å². The molecule has 3 heteroatoms. The van der Waals surface area contributed by atoms with Crippen molar-refractivity contribution in [2.45, 2.75) is 45.3 Å². The van der Waals surface area contributed by atoms with E-state index >= 15 is 0 Å². The maximum atomic E-state index is 5.82. The van der Waals surface area contributed by atoms with Crippen LogP contribution in [0.1, 0.15) is 33.1 Å². The molecule has 2 rings (SSSR count). The molecule has 2 N–H and O–H groups in total. The van der Waals surface area contributed by atoms with Crippen LogP contribution in [0.4, 0.5) is 0 Å². The van der Waals surface area contributed by atoms with E-state index in [1.165, 1.54) is 25.8 Å². The van der Waals surface area contributed by atoms with Crippen molar-refractivity contribution in [3.05, 3.63) is 0 Å². The Balaban J connectivity index is 1.76. The first-order valence-corrected chi connectivity index (χ1v) is 6.17. The summed E-state index contributed by atoms with van der Waals surface area (Å²) >= 11 is 0. The van der Waals surface area contributed by atoms with Crippen LogP contribution in [0.15, 0.2) is 0 Å². The molecule has 0 aromatic heterocycles. The van der Waals surface area contributed by atoms with Crippen LogP contribution >= 0.6 is 0 Å². The number of nitrogens with two attached hydrogens (primary N) is 1. The Labute approximate surface area is 93.0 Å². The van der Waals surface area contributed by atoms with Crippen molar-refractivity contribution in [2.24, 2.45) is 11.1 Å². The fraction of sp³-hybridized carbons (Fsp3) is 1.00. The highest BCUT2D eigenvalue weighted by Crippen LogP contribution is 2.27. The molecular formula is C12H24N2O. The number of rotatable bonds is 4. The van der Waals surface area contributed by atoms with E-state index in [1.54, 1.807) is 0 Å². The van der Waals surface area contributed by atoms with E-state index in [9.17, 15) is 0 Å². The first kappa shape index (κ1) is 11.4. The summed E-state index contributed by atoms with van der Waals surface area (Å²) in [5, 5.41) is 0. The molecule has 15 heavy (non-hydrogen) atoms. The summed E-state index contributed by atoms with van der Waals surface area (Å²) in [6.07, 6.45) is 4.76. The second-order valence-corrected chi connectivity index (χ2v) is 5.84. The molecule has 0 aromatic rings. The molecule has 2 heterocycles. The molecule has 2 bridgehead atoms. The number of nitrogens with zero attached hydrogens (tertiary/aromatic N) is 1. The Hall–Kier alpha value is -0.120. The van der Waals surface area contributed by atoms with Crippen molar-refractivity contribution in [1.29, 1.82) is 0 Å². The van der Waals surface area contributed by atoms with E-state index < -0.39 is 0 Å². The summed E-state index contributed by atoms with van der Waals surface area (Å²) in [6, 6.07) is 0. The molecule has 2 aliphatic heterocycles. The minimum Gasteiger partial charge on any atom is -0.372 e. The molecule has 0 saturated carbocycles. The van der Waals surface area contributed by atoms with Crippen LogP contribution in [-0.4, -0.2) is 43.3 Å². The maximum absolute atomic E-state index is 5.82. The second kappa shape index (κ2) is 4.40. The van der Waals surface area contributed by atoms with Crippen molar-refractivity contribution in [1.82, 2.24) is 4.90 Å². The molecule has 3 nitrogen and oxygen atoms in total. The fourth-order valence-electron chi connectivity index (χ4n) is 2.44. The summed E-state index contributed by atoms with van der Waals surface area (Å²) in [7, 11) is 0. The molecule has 2 aliphatic rings. The van der Waals surface area contributed by atoms with Gasteiger partial charge < -0.3 is 10.5 Å². The number of likely N-dealkylation sites (tertiary alicyclic amines) is 1. The summed E-state index contributed by atoms with van der Waals surface area (Å²) in [5.74, 6) is 0. The molecule has 2 unspecified atom stereocenters. The number of ether oxygens (including phenoxy) is 1. The van der Waals surface area contributed by atoms with Gasteiger partial charge in [0.2, 0.25) is 0 Å². The van der Waals surface area contributed by atoms with E-state index in [0.717, 1.165) is 19.6 Å². The summed E-state index contributed by atoms with van der Waals surface area (Å²) in [5.41, 5.74) is 6.03. The smallest absolute Gasteiger partial charge is 0.0707 e. The standard InChI is InChI=1S/C12H24N2O/c1-12(2,9-13)5-6-14-7-10-3-4-11(8-14)15-10/h10-11H,3-9,13H2,1-2H3. The SMILES string of the molecule is CC(C)(CN)CCN1CC2CCC(C1)O2. The van der Waals surface area contributed by atoms with Crippen LogP contribution in [0.3, 0.4) is 0 Å². The van der Waals surface area contributed by atoms with Gasteiger partial charge >= 0.3 is 0 Å². The highest BCUT2D eigenvalue weighted by molar-refractivity contribution is 4.85. The van der Waals surface area contributed by atoms with Crippen LogP contribution < -0.4 is 5.73 Å². The molecule has 2 atom stereocenters. The number of morpholine rings is 1. The highest BCUT2D eigenvalue weighted by atomic mass is 16.5. The van der Waals surface area contributed by atoms with Gasteiger partial charge in [0.05, 0.1) is 12.2 Å². The first-order valence-electron chi connectivity index (χ1n) is 6.17. The molecule has 0 aliphatic carbocycles. The maximum Gasteiger partial charge on any atom is 0.0707 e.